The molecule has 0 spiro atoms. The van der Waals surface area contributed by atoms with Gasteiger partial charge in [0.25, 0.3) is 5.91 Å². The number of phenols is 1. The number of anilines is 1. The number of carbonyl (C=O) groups is 1. The Morgan fingerprint density at radius 1 is 1.12 bits per heavy atom. The van der Waals surface area contributed by atoms with Gasteiger partial charge in [0.15, 0.2) is 0 Å². The molecule has 0 atom stereocenters. The van der Waals surface area contributed by atoms with Crippen molar-refractivity contribution in [3.8, 4) is 11.8 Å². The van der Waals surface area contributed by atoms with Gasteiger partial charge in [-0.1, -0.05) is 43.5 Å². The summed E-state index contributed by atoms with van der Waals surface area (Å²) in [4.78, 5) is 12.3. The first kappa shape index (κ1) is 16.8. The summed E-state index contributed by atoms with van der Waals surface area (Å²) in [6.07, 6.45) is 6.82. The van der Waals surface area contributed by atoms with Gasteiger partial charge in [-0.2, -0.15) is 5.26 Å². The monoisotopic (exact) mass is 335 g/mol. The average Bonchev–Trinajstić information content (AvgIpc) is 2.64. The van der Waals surface area contributed by atoms with Crippen LogP contribution in [0.4, 0.5) is 5.69 Å². The summed E-state index contributed by atoms with van der Waals surface area (Å²) < 4.78 is 0. The molecule has 128 valence electrons. The standard InChI is InChI=1S/C20H21N3O2/c21-12-14(20(25)23-15-6-2-1-3-7-15)13-22-18-10-4-9-17-16(18)8-5-11-19(17)24/h4-5,8-11,13,15,22,24H,1-3,6-7H2,(H,23,25)/b14-13-. The minimum absolute atomic E-state index is 0.0442. The number of rotatable bonds is 4. The highest BCUT2D eigenvalue weighted by Gasteiger charge is 2.18. The Bertz CT molecular complexity index is 846. The minimum atomic E-state index is -0.343. The molecule has 0 bridgehead atoms. The molecule has 5 heteroatoms. The van der Waals surface area contributed by atoms with E-state index in [0.29, 0.717) is 5.39 Å². The smallest absolute Gasteiger partial charge is 0.263 e. The summed E-state index contributed by atoms with van der Waals surface area (Å²) in [7, 11) is 0. The molecule has 0 saturated heterocycles. The van der Waals surface area contributed by atoms with Gasteiger partial charge in [0.2, 0.25) is 0 Å². The zero-order valence-electron chi connectivity index (χ0n) is 14.0. The van der Waals surface area contributed by atoms with Crippen LogP contribution in [0.5, 0.6) is 5.75 Å². The maximum absolute atomic E-state index is 12.3. The maximum Gasteiger partial charge on any atom is 0.263 e. The van der Waals surface area contributed by atoms with Crippen LogP contribution < -0.4 is 10.6 Å². The van der Waals surface area contributed by atoms with Crippen LogP contribution in [0.1, 0.15) is 32.1 Å². The fraction of sp³-hybridized carbons (Fsp3) is 0.300. The number of nitriles is 1. The third-order valence-corrected chi connectivity index (χ3v) is 4.58. The van der Waals surface area contributed by atoms with Crippen LogP contribution in [0, 0.1) is 11.3 Å². The summed E-state index contributed by atoms with van der Waals surface area (Å²) >= 11 is 0. The molecule has 1 fully saturated rings. The molecule has 2 aromatic rings. The van der Waals surface area contributed by atoms with E-state index >= 15 is 0 Å². The number of amides is 1. The molecule has 5 nitrogen and oxygen atoms in total. The maximum atomic E-state index is 12.3. The number of hydrogen-bond donors (Lipinski definition) is 3. The number of nitrogens with zero attached hydrogens (tertiary/aromatic N) is 1. The largest absolute Gasteiger partial charge is 0.507 e. The highest BCUT2D eigenvalue weighted by Crippen LogP contribution is 2.29. The van der Waals surface area contributed by atoms with E-state index in [9.17, 15) is 15.2 Å². The lowest BCUT2D eigenvalue weighted by atomic mass is 9.95. The lowest BCUT2D eigenvalue weighted by Gasteiger charge is -2.22. The van der Waals surface area contributed by atoms with Crippen molar-refractivity contribution in [1.29, 1.82) is 5.26 Å². The van der Waals surface area contributed by atoms with Crippen LogP contribution in [0.25, 0.3) is 10.8 Å². The van der Waals surface area contributed by atoms with E-state index in [4.69, 9.17) is 0 Å². The Morgan fingerprint density at radius 3 is 2.60 bits per heavy atom. The normalized spacial score (nSPS) is 15.6. The summed E-state index contributed by atoms with van der Waals surface area (Å²) in [6, 6.07) is 12.8. The molecule has 0 unspecified atom stereocenters. The number of carbonyl (C=O) groups excluding carboxylic acids is 1. The van der Waals surface area contributed by atoms with Crippen molar-refractivity contribution in [3.63, 3.8) is 0 Å². The molecule has 2 aromatic carbocycles. The van der Waals surface area contributed by atoms with Crippen molar-refractivity contribution in [3.05, 3.63) is 48.2 Å². The van der Waals surface area contributed by atoms with Gasteiger partial charge in [0.1, 0.15) is 17.4 Å². The summed E-state index contributed by atoms with van der Waals surface area (Å²) in [5, 5.41) is 26.7. The molecule has 0 aliphatic heterocycles. The summed E-state index contributed by atoms with van der Waals surface area (Å²) in [5.41, 5.74) is 0.773. The Morgan fingerprint density at radius 2 is 1.84 bits per heavy atom. The number of hydrogen-bond acceptors (Lipinski definition) is 4. The third kappa shape index (κ3) is 3.92. The van der Waals surface area contributed by atoms with E-state index in [1.165, 1.54) is 12.6 Å². The highest BCUT2D eigenvalue weighted by atomic mass is 16.3. The van der Waals surface area contributed by atoms with Gasteiger partial charge in [-0.25, -0.2) is 0 Å². The Balaban J connectivity index is 1.76. The minimum Gasteiger partial charge on any atom is -0.507 e. The van der Waals surface area contributed by atoms with E-state index in [1.54, 1.807) is 12.1 Å². The fourth-order valence-electron chi connectivity index (χ4n) is 3.23. The van der Waals surface area contributed by atoms with Crippen LogP contribution in [0.3, 0.4) is 0 Å². The van der Waals surface area contributed by atoms with Gasteiger partial charge in [0, 0.05) is 28.7 Å². The summed E-state index contributed by atoms with van der Waals surface area (Å²) in [5.74, 6) is -0.148. The second-order valence-corrected chi connectivity index (χ2v) is 6.30. The lowest BCUT2D eigenvalue weighted by Crippen LogP contribution is -2.37. The van der Waals surface area contributed by atoms with Gasteiger partial charge in [-0.05, 0) is 25.0 Å². The van der Waals surface area contributed by atoms with Crippen LogP contribution in [0.15, 0.2) is 48.2 Å². The predicted octanol–water partition coefficient (Wildman–Crippen LogP) is 3.81. The van der Waals surface area contributed by atoms with Crippen molar-refractivity contribution in [2.45, 2.75) is 38.1 Å². The van der Waals surface area contributed by atoms with Crippen LogP contribution in [-0.2, 0) is 4.79 Å². The molecule has 0 radical (unpaired) electrons. The van der Waals surface area contributed by atoms with E-state index in [1.807, 2.05) is 30.3 Å². The number of fused-ring (bicyclic) bond motifs is 1. The highest BCUT2D eigenvalue weighted by molar-refractivity contribution is 6.00. The zero-order valence-corrected chi connectivity index (χ0v) is 14.0. The molecule has 1 saturated carbocycles. The van der Waals surface area contributed by atoms with Crippen molar-refractivity contribution >= 4 is 22.4 Å². The van der Waals surface area contributed by atoms with Crippen molar-refractivity contribution in [2.75, 3.05) is 5.32 Å². The Labute approximate surface area is 147 Å². The SMILES string of the molecule is N#C/C(=C/Nc1cccc2c(O)cccc12)C(=O)NC1CCCCC1. The second kappa shape index (κ2) is 7.71. The molecule has 25 heavy (non-hydrogen) atoms. The molecule has 3 N–H and O–H groups in total. The molecule has 1 aliphatic rings. The number of nitrogens with one attached hydrogen (secondary N) is 2. The first-order valence-electron chi connectivity index (χ1n) is 8.57. The molecule has 0 aromatic heterocycles. The van der Waals surface area contributed by atoms with E-state index in [-0.39, 0.29) is 23.3 Å². The van der Waals surface area contributed by atoms with Gasteiger partial charge in [0.05, 0.1) is 0 Å². The van der Waals surface area contributed by atoms with Crippen LogP contribution in [0.2, 0.25) is 0 Å². The van der Waals surface area contributed by atoms with Gasteiger partial charge in [-0.3, -0.25) is 4.79 Å². The molecular weight excluding hydrogens is 314 g/mol. The van der Waals surface area contributed by atoms with E-state index in [0.717, 1.165) is 36.8 Å². The quantitative estimate of drug-likeness (QED) is 0.586. The van der Waals surface area contributed by atoms with Crippen molar-refractivity contribution < 1.29 is 9.90 Å². The van der Waals surface area contributed by atoms with Crippen molar-refractivity contribution in [1.82, 2.24) is 5.32 Å². The zero-order chi connectivity index (χ0) is 17.6. The first-order chi connectivity index (χ1) is 12.2. The molecular formula is C20H21N3O2. The average molecular weight is 335 g/mol. The fourth-order valence-corrected chi connectivity index (χ4v) is 3.23. The Hall–Kier alpha value is -3.00. The van der Waals surface area contributed by atoms with E-state index in [2.05, 4.69) is 10.6 Å². The Kier molecular flexibility index (Phi) is 5.20. The van der Waals surface area contributed by atoms with Gasteiger partial charge < -0.3 is 15.7 Å². The predicted molar refractivity (Wildman–Crippen MR) is 97.9 cm³/mol. The second-order valence-electron chi connectivity index (χ2n) is 6.30. The number of benzene rings is 2. The number of aromatic hydroxyl groups is 1. The van der Waals surface area contributed by atoms with E-state index < -0.39 is 0 Å². The molecule has 3 rings (SSSR count). The number of phenolic OH excluding ortho intramolecular Hbond substituents is 1. The molecule has 0 heterocycles. The summed E-state index contributed by atoms with van der Waals surface area (Å²) in [6.45, 7) is 0. The topological polar surface area (TPSA) is 85.2 Å². The van der Waals surface area contributed by atoms with Crippen molar-refractivity contribution in [2.24, 2.45) is 0 Å². The molecule has 1 amide bonds. The van der Waals surface area contributed by atoms with Gasteiger partial charge in [-0.15, -0.1) is 0 Å². The lowest BCUT2D eigenvalue weighted by molar-refractivity contribution is -0.118. The first-order valence-corrected chi connectivity index (χ1v) is 8.57. The van der Waals surface area contributed by atoms with Crippen LogP contribution >= 0.6 is 0 Å². The molecule has 1 aliphatic carbocycles. The third-order valence-electron chi connectivity index (χ3n) is 4.58. The van der Waals surface area contributed by atoms with Gasteiger partial charge >= 0.3 is 0 Å². The van der Waals surface area contributed by atoms with Crippen LogP contribution in [-0.4, -0.2) is 17.1 Å².